The van der Waals surface area contributed by atoms with Crippen molar-refractivity contribution < 1.29 is 4.74 Å². The van der Waals surface area contributed by atoms with Crippen LogP contribution in [-0.2, 0) is 12.0 Å². The number of ether oxygens (including phenoxy) is 1. The first-order valence-corrected chi connectivity index (χ1v) is 11.2. The average molecular weight is 463 g/mol. The van der Waals surface area contributed by atoms with Crippen LogP contribution in [0.2, 0.25) is 10.0 Å². The maximum absolute atomic E-state index is 6.31. The maximum atomic E-state index is 6.31. The topological polar surface area (TPSA) is 35.0 Å². The Morgan fingerprint density at radius 2 is 1.53 bits per heavy atom. The number of para-hydroxylation sites is 2. The van der Waals surface area contributed by atoms with E-state index in [1.165, 1.54) is 5.56 Å². The van der Waals surface area contributed by atoms with Crippen LogP contribution in [0.25, 0.3) is 23.2 Å². The maximum Gasteiger partial charge on any atom is 0.240 e. The van der Waals surface area contributed by atoms with E-state index < -0.39 is 0 Å². The molecule has 1 heterocycles. The third-order valence-corrected chi connectivity index (χ3v) is 5.70. The summed E-state index contributed by atoms with van der Waals surface area (Å²) in [7, 11) is 0. The van der Waals surface area contributed by atoms with Gasteiger partial charge in [0.1, 0.15) is 12.3 Å². The van der Waals surface area contributed by atoms with Crippen LogP contribution >= 0.6 is 23.2 Å². The van der Waals surface area contributed by atoms with Crippen molar-refractivity contribution >= 4 is 46.4 Å². The van der Waals surface area contributed by atoms with E-state index in [2.05, 4.69) is 45.0 Å². The van der Waals surface area contributed by atoms with Gasteiger partial charge in [0.15, 0.2) is 0 Å². The smallest absolute Gasteiger partial charge is 0.240 e. The molecule has 0 aliphatic carbocycles. The SMILES string of the molecule is CC(C)(C)c1ccc(COc2nc3ccccc3nc2C=Cc2ccc(Cl)cc2Cl)cc1. The number of hydrogen-bond donors (Lipinski definition) is 0. The Balaban J connectivity index is 1.63. The Morgan fingerprint density at radius 3 is 2.19 bits per heavy atom. The third kappa shape index (κ3) is 5.29. The van der Waals surface area contributed by atoms with Crippen molar-refractivity contribution in [2.45, 2.75) is 32.8 Å². The molecule has 0 amide bonds. The highest BCUT2D eigenvalue weighted by Crippen LogP contribution is 2.26. The standard InChI is InChI=1S/C27H24Cl2N2O/c1-27(2,3)20-12-8-18(9-13-20)17-32-26-25(30-23-6-4-5-7-24(23)31-26)15-11-19-10-14-21(28)16-22(19)29/h4-16H,17H2,1-3H3. The Labute approximate surface area is 198 Å². The van der Waals surface area contributed by atoms with Gasteiger partial charge in [-0.05, 0) is 52.4 Å². The van der Waals surface area contributed by atoms with E-state index in [1.807, 2.05) is 42.5 Å². The Bertz CT molecular complexity index is 1280. The lowest BCUT2D eigenvalue weighted by atomic mass is 9.87. The molecule has 4 aromatic rings. The van der Waals surface area contributed by atoms with Gasteiger partial charge in [0, 0.05) is 10.0 Å². The molecular formula is C27H24Cl2N2O. The molecule has 0 atom stereocenters. The van der Waals surface area contributed by atoms with E-state index >= 15 is 0 Å². The van der Waals surface area contributed by atoms with Crippen molar-refractivity contribution in [2.75, 3.05) is 0 Å². The first-order valence-electron chi connectivity index (χ1n) is 10.4. The monoisotopic (exact) mass is 462 g/mol. The fourth-order valence-electron chi connectivity index (χ4n) is 3.27. The van der Waals surface area contributed by atoms with Gasteiger partial charge in [-0.1, -0.05) is 92.5 Å². The molecule has 5 heteroatoms. The normalized spacial score (nSPS) is 11.9. The van der Waals surface area contributed by atoms with Crippen LogP contribution in [0, 0.1) is 0 Å². The number of aromatic nitrogens is 2. The van der Waals surface area contributed by atoms with Gasteiger partial charge in [-0.15, -0.1) is 0 Å². The molecule has 162 valence electrons. The molecule has 0 saturated heterocycles. The van der Waals surface area contributed by atoms with E-state index in [-0.39, 0.29) is 5.41 Å². The van der Waals surface area contributed by atoms with Crippen LogP contribution in [0.1, 0.15) is 43.2 Å². The molecule has 4 rings (SSSR count). The van der Waals surface area contributed by atoms with Gasteiger partial charge in [0.05, 0.1) is 11.0 Å². The molecule has 0 saturated carbocycles. The summed E-state index contributed by atoms with van der Waals surface area (Å²) in [4.78, 5) is 9.46. The lowest BCUT2D eigenvalue weighted by Crippen LogP contribution is -2.11. The Morgan fingerprint density at radius 1 is 0.844 bits per heavy atom. The van der Waals surface area contributed by atoms with E-state index in [1.54, 1.807) is 12.1 Å². The zero-order chi connectivity index (χ0) is 22.7. The minimum Gasteiger partial charge on any atom is -0.471 e. The van der Waals surface area contributed by atoms with Crippen LogP contribution in [0.4, 0.5) is 0 Å². The molecule has 32 heavy (non-hydrogen) atoms. The number of nitrogens with zero attached hydrogens (tertiary/aromatic N) is 2. The van der Waals surface area contributed by atoms with Crippen LogP contribution in [-0.4, -0.2) is 9.97 Å². The predicted molar refractivity (Wildman–Crippen MR) is 134 cm³/mol. The number of fused-ring (bicyclic) bond motifs is 1. The van der Waals surface area contributed by atoms with Gasteiger partial charge in [-0.3, -0.25) is 0 Å². The van der Waals surface area contributed by atoms with E-state index in [0.717, 1.165) is 22.2 Å². The third-order valence-electron chi connectivity index (χ3n) is 5.14. The van der Waals surface area contributed by atoms with E-state index in [4.69, 9.17) is 37.9 Å². The average Bonchev–Trinajstić information content (AvgIpc) is 2.76. The molecule has 0 radical (unpaired) electrons. The highest BCUT2D eigenvalue weighted by atomic mass is 35.5. The first-order chi connectivity index (χ1) is 15.3. The summed E-state index contributed by atoms with van der Waals surface area (Å²) in [5.74, 6) is 0.477. The van der Waals surface area contributed by atoms with Gasteiger partial charge in [0.2, 0.25) is 5.88 Å². The lowest BCUT2D eigenvalue weighted by Gasteiger charge is -2.19. The molecule has 0 bridgehead atoms. The molecule has 0 aliphatic rings. The zero-order valence-electron chi connectivity index (χ0n) is 18.3. The molecular weight excluding hydrogens is 439 g/mol. The summed E-state index contributed by atoms with van der Waals surface area (Å²) >= 11 is 12.3. The summed E-state index contributed by atoms with van der Waals surface area (Å²) in [5.41, 5.74) is 5.54. The summed E-state index contributed by atoms with van der Waals surface area (Å²) in [5, 5.41) is 1.17. The molecule has 0 fully saturated rings. The summed E-state index contributed by atoms with van der Waals surface area (Å²) < 4.78 is 6.12. The molecule has 0 spiro atoms. The number of hydrogen-bond acceptors (Lipinski definition) is 3. The molecule has 1 aromatic heterocycles. The second kappa shape index (κ2) is 9.32. The van der Waals surface area contributed by atoms with E-state index in [0.29, 0.717) is 28.2 Å². The minimum atomic E-state index is 0.115. The molecule has 0 unspecified atom stereocenters. The first kappa shape index (κ1) is 22.3. The van der Waals surface area contributed by atoms with Gasteiger partial charge >= 0.3 is 0 Å². The molecule has 0 N–H and O–H groups in total. The van der Waals surface area contributed by atoms with Crippen LogP contribution in [0.5, 0.6) is 5.88 Å². The number of halogens is 2. The van der Waals surface area contributed by atoms with Crippen molar-refractivity contribution in [3.05, 3.63) is 99.2 Å². The predicted octanol–water partition coefficient (Wildman–Crippen LogP) is 7.98. The molecule has 3 nitrogen and oxygen atoms in total. The molecule has 3 aromatic carbocycles. The second-order valence-corrected chi connectivity index (χ2v) is 9.48. The van der Waals surface area contributed by atoms with Crippen LogP contribution in [0.15, 0.2) is 66.7 Å². The van der Waals surface area contributed by atoms with Gasteiger partial charge < -0.3 is 4.74 Å². The zero-order valence-corrected chi connectivity index (χ0v) is 19.8. The highest BCUT2D eigenvalue weighted by molar-refractivity contribution is 6.35. The van der Waals surface area contributed by atoms with Crippen LogP contribution in [0.3, 0.4) is 0 Å². The summed E-state index contributed by atoms with van der Waals surface area (Å²) in [6, 6.07) is 21.6. The Hall–Kier alpha value is -2.88. The summed E-state index contributed by atoms with van der Waals surface area (Å²) in [6.07, 6.45) is 3.76. The number of benzene rings is 3. The number of rotatable bonds is 5. The largest absolute Gasteiger partial charge is 0.471 e. The quantitative estimate of drug-likeness (QED) is 0.301. The van der Waals surface area contributed by atoms with Crippen molar-refractivity contribution in [3.8, 4) is 5.88 Å². The summed E-state index contributed by atoms with van der Waals surface area (Å²) in [6.45, 7) is 7.01. The highest BCUT2D eigenvalue weighted by Gasteiger charge is 2.13. The van der Waals surface area contributed by atoms with Gasteiger partial charge in [-0.25, -0.2) is 9.97 Å². The second-order valence-electron chi connectivity index (χ2n) is 8.64. The van der Waals surface area contributed by atoms with Crippen molar-refractivity contribution in [3.63, 3.8) is 0 Å². The lowest BCUT2D eigenvalue weighted by molar-refractivity contribution is 0.293. The minimum absolute atomic E-state index is 0.115. The van der Waals surface area contributed by atoms with Gasteiger partial charge in [-0.2, -0.15) is 0 Å². The molecule has 0 aliphatic heterocycles. The van der Waals surface area contributed by atoms with Gasteiger partial charge in [0.25, 0.3) is 0 Å². The van der Waals surface area contributed by atoms with Crippen molar-refractivity contribution in [2.24, 2.45) is 0 Å². The van der Waals surface area contributed by atoms with Crippen molar-refractivity contribution in [1.82, 2.24) is 9.97 Å². The Kier molecular flexibility index (Phi) is 6.50. The van der Waals surface area contributed by atoms with Crippen LogP contribution < -0.4 is 4.74 Å². The van der Waals surface area contributed by atoms with E-state index in [9.17, 15) is 0 Å². The fraction of sp³-hybridized carbons (Fsp3) is 0.185. The fourth-order valence-corrected chi connectivity index (χ4v) is 3.74. The van der Waals surface area contributed by atoms with Crippen molar-refractivity contribution in [1.29, 1.82) is 0 Å².